The van der Waals surface area contributed by atoms with Gasteiger partial charge in [0.25, 0.3) is 5.56 Å². The maximum Gasteiger partial charge on any atom is 0.278 e. The smallest absolute Gasteiger partial charge is 0.278 e. The number of H-pyrrole nitrogens is 2. The van der Waals surface area contributed by atoms with Crippen molar-refractivity contribution in [3.8, 4) is 0 Å². The van der Waals surface area contributed by atoms with E-state index in [0.717, 1.165) is 4.90 Å². The van der Waals surface area contributed by atoms with Crippen molar-refractivity contribution in [3.63, 3.8) is 0 Å². The van der Waals surface area contributed by atoms with Gasteiger partial charge < -0.3 is 10.7 Å². The third-order valence-corrected chi connectivity index (χ3v) is 3.57. The lowest BCUT2D eigenvalue weighted by molar-refractivity contribution is 1.13. The molecule has 0 amide bonds. The van der Waals surface area contributed by atoms with E-state index in [1.54, 1.807) is 11.8 Å². The normalized spacial score (nSPS) is 10.9. The van der Waals surface area contributed by atoms with E-state index in [9.17, 15) is 4.79 Å². The van der Waals surface area contributed by atoms with Crippen LogP contribution in [0.4, 0.5) is 5.95 Å². The van der Waals surface area contributed by atoms with E-state index in [1.807, 2.05) is 30.3 Å². The van der Waals surface area contributed by atoms with Gasteiger partial charge in [-0.15, -0.1) is 11.8 Å². The summed E-state index contributed by atoms with van der Waals surface area (Å²) in [6, 6.07) is 9.98. The van der Waals surface area contributed by atoms with Gasteiger partial charge in [-0.05, 0) is 12.1 Å². The zero-order chi connectivity index (χ0) is 13.2. The van der Waals surface area contributed by atoms with Gasteiger partial charge in [0.15, 0.2) is 11.2 Å². The number of thioether (sulfide) groups is 1. The first-order valence-electron chi connectivity index (χ1n) is 5.64. The number of hydrogen-bond acceptors (Lipinski definition) is 5. The van der Waals surface area contributed by atoms with Crippen molar-refractivity contribution in [2.75, 3.05) is 5.73 Å². The Bertz CT molecular complexity index is 765. The number of nitrogens with two attached hydrogens (primary N) is 1. The van der Waals surface area contributed by atoms with Crippen LogP contribution in [0, 0.1) is 0 Å². The van der Waals surface area contributed by atoms with Gasteiger partial charge in [-0.1, -0.05) is 18.2 Å². The maximum absolute atomic E-state index is 11.6. The highest BCUT2D eigenvalue weighted by Gasteiger charge is 2.08. The molecular formula is C12H11N5OS. The van der Waals surface area contributed by atoms with Gasteiger partial charge in [0.2, 0.25) is 5.95 Å². The van der Waals surface area contributed by atoms with Crippen LogP contribution in [-0.2, 0) is 5.75 Å². The molecule has 2 aromatic heterocycles. The first-order chi connectivity index (χ1) is 9.22. The summed E-state index contributed by atoms with van der Waals surface area (Å²) < 4.78 is 0. The molecular weight excluding hydrogens is 262 g/mol. The Kier molecular flexibility index (Phi) is 2.96. The minimum Gasteiger partial charge on any atom is -0.369 e. The number of anilines is 1. The highest BCUT2D eigenvalue weighted by molar-refractivity contribution is 7.98. The fraction of sp³-hybridized carbons (Fsp3) is 0.0833. The Balaban J connectivity index is 1.86. The second kappa shape index (κ2) is 4.77. The number of fused-ring (bicyclic) bond motifs is 1. The molecule has 0 saturated carbocycles. The van der Waals surface area contributed by atoms with E-state index in [2.05, 4.69) is 19.9 Å². The second-order valence-corrected chi connectivity index (χ2v) is 4.98. The molecule has 2 heterocycles. The third kappa shape index (κ3) is 2.45. The molecule has 0 aliphatic carbocycles. The summed E-state index contributed by atoms with van der Waals surface area (Å²) >= 11 is 1.63. The van der Waals surface area contributed by atoms with Crippen molar-refractivity contribution >= 4 is 28.9 Å². The molecule has 0 spiro atoms. The monoisotopic (exact) mass is 273 g/mol. The molecule has 7 heteroatoms. The first kappa shape index (κ1) is 11.8. The SMILES string of the molecule is Nc1nc2nc(CSc3ccccc3)[nH]c2c(=O)[nH]1. The van der Waals surface area contributed by atoms with Gasteiger partial charge in [0.1, 0.15) is 5.82 Å². The van der Waals surface area contributed by atoms with Crippen molar-refractivity contribution in [3.05, 3.63) is 46.5 Å². The Morgan fingerprint density at radius 1 is 1.16 bits per heavy atom. The molecule has 96 valence electrons. The highest BCUT2D eigenvalue weighted by Crippen LogP contribution is 2.21. The molecule has 0 aliphatic rings. The Morgan fingerprint density at radius 3 is 2.74 bits per heavy atom. The summed E-state index contributed by atoms with van der Waals surface area (Å²) in [4.78, 5) is 26.4. The molecule has 4 N–H and O–H groups in total. The lowest BCUT2D eigenvalue weighted by Gasteiger charge is -1.97. The minimum absolute atomic E-state index is 0.0752. The number of nitrogen functional groups attached to an aromatic ring is 1. The van der Waals surface area contributed by atoms with Crippen LogP contribution >= 0.6 is 11.8 Å². The largest absolute Gasteiger partial charge is 0.369 e. The van der Waals surface area contributed by atoms with Crippen molar-refractivity contribution < 1.29 is 0 Å². The number of benzene rings is 1. The van der Waals surface area contributed by atoms with E-state index >= 15 is 0 Å². The van der Waals surface area contributed by atoms with E-state index in [0.29, 0.717) is 22.7 Å². The van der Waals surface area contributed by atoms with E-state index in [1.165, 1.54) is 0 Å². The standard InChI is InChI=1S/C12H11N5OS/c13-12-16-10-9(11(18)17-12)14-8(15-10)6-19-7-4-2-1-3-5-7/h1-5H,6H2,(H4,13,14,15,16,17,18). The fourth-order valence-electron chi connectivity index (χ4n) is 1.71. The quantitative estimate of drug-likeness (QED) is 0.628. The molecule has 3 aromatic rings. The van der Waals surface area contributed by atoms with Crippen LogP contribution < -0.4 is 11.3 Å². The average Bonchev–Trinajstić information content (AvgIpc) is 2.81. The maximum atomic E-state index is 11.6. The first-order valence-corrected chi connectivity index (χ1v) is 6.63. The molecule has 0 saturated heterocycles. The predicted molar refractivity (Wildman–Crippen MR) is 74.9 cm³/mol. The summed E-state index contributed by atoms with van der Waals surface area (Å²) in [6.45, 7) is 0. The average molecular weight is 273 g/mol. The van der Waals surface area contributed by atoms with Crippen LogP contribution in [0.3, 0.4) is 0 Å². The minimum atomic E-state index is -0.300. The van der Waals surface area contributed by atoms with Crippen LogP contribution in [0.25, 0.3) is 11.2 Å². The molecule has 0 aliphatic heterocycles. The number of imidazole rings is 1. The highest BCUT2D eigenvalue weighted by atomic mass is 32.2. The number of nitrogens with zero attached hydrogens (tertiary/aromatic N) is 2. The van der Waals surface area contributed by atoms with Gasteiger partial charge in [-0.2, -0.15) is 4.98 Å². The summed E-state index contributed by atoms with van der Waals surface area (Å²) in [5, 5.41) is 0. The number of nitrogens with one attached hydrogen (secondary N) is 2. The Morgan fingerprint density at radius 2 is 1.95 bits per heavy atom. The van der Waals surface area contributed by atoms with E-state index < -0.39 is 0 Å². The molecule has 19 heavy (non-hydrogen) atoms. The molecule has 1 aromatic carbocycles. The predicted octanol–water partition coefficient (Wildman–Crippen LogP) is 1.52. The Hall–Kier alpha value is -2.28. The van der Waals surface area contributed by atoms with Crippen LogP contribution in [0.2, 0.25) is 0 Å². The Labute approximate surface area is 112 Å². The topological polar surface area (TPSA) is 100 Å². The molecule has 0 fully saturated rings. The van der Waals surface area contributed by atoms with Gasteiger partial charge in [-0.25, -0.2) is 4.98 Å². The van der Waals surface area contributed by atoms with Gasteiger partial charge in [-0.3, -0.25) is 9.78 Å². The zero-order valence-electron chi connectivity index (χ0n) is 9.88. The number of aromatic nitrogens is 4. The van der Waals surface area contributed by atoms with Crippen molar-refractivity contribution in [1.29, 1.82) is 0 Å². The van der Waals surface area contributed by atoms with Crippen LogP contribution in [-0.4, -0.2) is 19.9 Å². The summed E-state index contributed by atoms with van der Waals surface area (Å²) in [6.07, 6.45) is 0. The molecule has 0 radical (unpaired) electrons. The lowest BCUT2D eigenvalue weighted by atomic mass is 10.4. The lowest BCUT2D eigenvalue weighted by Crippen LogP contribution is -2.10. The zero-order valence-corrected chi connectivity index (χ0v) is 10.7. The fourth-order valence-corrected chi connectivity index (χ4v) is 2.50. The number of aromatic amines is 2. The second-order valence-electron chi connectivity index (χ2n) is 3.93. The van der Waals surface area contributed by atoms with Crippen LogP contribution in [0.15, 0.2) is 40.0 Å². The summed E-state index contributed by atoms with van der Waals surface area (Å²) in [5.74, 6) is 1.42. The van der Waals surface area contributed by atoms with Gasteiger partial charge >= 0.3 is 0 Å². The van der Waals surface area contributed by atoms with Gasteiger partial charge in [0, 0.05) is 4.90 Å². The van der Waals surface area contributed by atoms with Crippen molar-refractivity contribution in [2.45, 2.75) is 10.6 Å². The van der Waals surface area contributed by atoms with Crippen molar-refractivity contribution in [2.24, 2.45) is 0 Å². The number of rotatable bonds is 3. The van der Waals surface area contributed by atoms with E-state index in [4.69, 9.17) is 5.73 Å². The van der Waals surface area contributed by atoms with Crippen LogP contribution in [0.5, 0.6) is 0 Å². The van der Waals surface area contributed by atoms with Gasteiger partial charge in [0.05, 0.1) is 5.75 Å². The van der Waals surface area contributed by atoms with Crippen molar-refractivity contribution in [1.82, 2.24) is 19.9 Å². The molecule has 0 bridgehead atoms. The molecule has 0 atom stereocenters. The third-order valence-electron chi connectivity index (χ3n) is 2.55. The van der Waals surface area contributed by atoms with Crippen LogP contribution in [0.1, 0.15) is 5.82 Å². The van der Waals surface area contributed by atoms with E-state index in [-0.39, 0.29) is 11.5 Å². The molecule has 0 unspecified atom stereocenters. The molecule has 6 nitrogen and oxygen atoms in total. The summed E-state index contributed by atoms with van der Waals surface area (Å²) in [5.41, 5.74) is 5.88. The summed E-state index contributed by atoms with van der Waals surface area (Å²) in [7, 11) is 0. The molecule has 3 rings (SSSR count). The number of hydrogen-bond donors (Lipinski definition) is 3.